The average molecular weight is 477 g/mol. The number of carbonyl (C=O) groups excluding carboxylic acids is 3. The number of nitrogens with one attached hydrogen (secondary N) is 2. The highest BCUT2D eigenvalue weighted by molar-refractivity contribution is 7.13. The van der Waals surface area contributed by atoms with Crippen molar-refractivity contribution in [2.24, 2.45) is 0 Å². The zero-order chi connectivity index (χ0) is 23.8. The minimum absolute atomic E-state index is 0.00624. The van der Waals surface area contributed by atoms with Crippen molar-refractivity contribution in [2.45, 2.75) is 31.5 Å². The molecule has 5 rings (SSSR count). The van der Waals surface area contributed by atoms with E-state index in [1.807, 2.05) is 31.2 Å². The maximum Gasteiger partial charge on any atom is 0.261 e. The van der Waals surface area contributed by atoms with Crippen molar-refractivity contribution in [3.8, 4) is 10.4 Å². The lowest BCUT2D eigenvalue weighted by Gasteiger charge is -2.25. The summed E-state index contributed by atoms with van der Waals surface area (Å²) < 4.78 is 0. The van der Waals surface area contributed by atoms with Gasteiger partial charge in [0.1, 0.15) is 0 Å². The molecule has 3 atom stereocenters. The van der Waals surface area contributed by atoms with Crippen LogP contribution in [0.15, 0.2) is 54.0 Å². The van der Waals surface area contributed by atoms with Crippen molar-refractivity contribution in [3.05, 3.63) is 76.4 Å². The van der Waals surface area contributed by atoms with Gasteiger partial charge in [0.2, 0.25) is 5.91 Å². The Morgan fingerprint density at radius 3 is 2.41 bits per heavy atom. The number of hydrogen-bond donors (Lipinski definition) is 3. The third kappa shape index (κ3) is 4.13. The second-order valence-electron chi connectivity index (χ2n) is 8.57. The van der Waals surface area contributed by atoms with Crippen LogP contribution in [0.4, 0.5) is 0 Å². The maximum atomic E-state index is 12.9. The van der Waals surface area contributed by atoms with Gasteiger partial charge in [0, 0.05) is 6.54 Å². The summed E-state index contributed by atoms with van der Waals surface area (Å²) in [6.45, 7) is 2.31. The maximum absolute atomic E-state index is 12.9. The molecule has 3 aromatic rings. The molecule has 3 N–H and O–H groups in total. The van der Waals surface area contributed by atoms with E-state index in [2.05, 4.69) is 15.6 Å². The van der Waals surface area contributed by atoms with E-state index in [1.165, 1.54) is 4.90 Å². The summed E-state index contributed by atoms with van der Waals surface area (Å²) in [7, 11) is 0. The number of aliphatic hydroxyl groups is 1. The Balaban J connectivity index is 1.42. The SMILES string of the molecule is Cc1ncsc1-c1ccc(C(CN2C(=O)c3ccccc3C2=O)NC(=O)[C@@H]2C[C@@H](O)CN2)cc1. The van der Waals surface area contributed by atoms with Crippen LogP contribution >= 0.6 is 11.3 Å². The minimum atomic E-state index is -0.606. The predicted octanol–water partition coefficient (Wildman–Crippen LogP) is 2.29. The van der Waals surface area contributed by atoms with Crippen LogP contribution in [0.3, 0.4) is 0 Å². The number of aromatic nitrogens is 1. The highest BCUT2D eigenvalue weighted by Gasteiger charge is 2.38. The molecule has 0 aliphatic carbocycles. The second-order valence-corrected chi connectivity index (χ2v) is 9.42. The quantitative estimate of drug-likeness (QED) is 0.471. The number of rotatable bonds is 6. The zero-order valence-corrected chi connectivity index (χ0v) is 19.3. The third-order valence-corrected chi connectivity index (χ3v) is 7.28. The number of thiazole rings is 1. The first-order chi connectivity index (χ1) is 16.4. The van der Waals surface area contributed by atoms with Gasteiger partial charge >= 0.3 is 0 Å². The van der Waals surface area contributed by atoms with E-state index < -0.39 is 18.2 Å². The van der Waals surface area contributed by atoms with Gasteiger partial charge in [-0.15, -0.1) is 11.3 Å². The van der Waals surface area contributed by atoms with Crippen LogP contribution in [-0.4, -0.2) is 57.9 Å². The van der Waals surface area contributed by atoms with Crippen LogP contribution < -0.4 is 10.6 Å². The number of fused-ring (bicyclic) bond motifs is 1. The molecule has 34 heavy (non-hydrogen) atoms. The highest BCUT2D eigenvalue weighted by atomic mass is 32.1. The fourth-order valence-electron chi connectivity index (χ4n) is 4.46. The summed E-state index contributed by atoms with van der Waals surface area (Å²) in [5.41, 5.74) is 5.26. The Morgan fingerprint density at radius 2 is 1.85 bits per heavy atom. The van der Waals surface area contributed by atoms with Gasteiger partial charge in [-0.25, -0.2) is 4.98 Å². The molecule has 1 unspecified atom stereocenters. The summed E-state index contributed by atoms with van der Waals surface area (Å²) in [5, 5.41) is 15.8. The lowest BCUT2D eigenvalue weighted by Crippen LogP contribution is -2.46. The number of benzene rings is 2. The molecule has 0 spiro atoms. The number of imide groups is 1. The molecule has 0 bridgehead atoms. The molecule has 1 saturated heterocycles. The van der Waals surface area contributed by atoms with Crippen LogP contribution in [0, 0.1) is 6.92 Å². The van der Waals surface area contributed by atoms with Gasteiger partial charge in [-0.3, -0.25) is 19.3 Å². The lowest BCUT2D eigenvalue weighted by atomic mass is 10.0. The summed E-state index contributed by atoms with van der Waals surface area (Å²) in [6.07, 6.45) is -0.262. The number of aliphatic hydroxyl groups excluding tert-OH is 1. The van der Waals surface area contributed by atoms with E-state index in [-0.39, 0.29) is 24.3 Å². The molecule has 174 valence electrons. The zero-order valence-electron chi connectivity index (χ0n) is 18.5. The van der Waals surface area contributed by atoms with Crippen molar-refractivity contribution in [2.75, 3.05) is 13.1 Å². The van der Waals surface area contributed by atoms with Gasteiger partial charge in [0.25, 0.3) is 11.8 Å². The normalized spacial score (nSPS) is 20.5. The lowest BCUT2D eigenvalue weighted by molar-refractivity contribution is -0.123. The molecule has 3 heterocycles. The van der Waals surface area contributed by atoms with E-state index >= 15 is 0 Å². The Bertz CT molecular complexity index is 1220. The smallest absolute Gasteiger partial charge is 0.261 e. The average Bonchev–Trinajstić information content (AvgIpc) is 3.54. The monoisotopic (exact) mass is 476 g/mol. The fraction of sp³-hybridized carbons (Fsp3) is 0.280. The van der Waals surface area contributed by atoms with Crippen LogP contribution in [0.2, 0.25) is 0 Å². The molecule has 0 radical (unpaired) electrons. The van der Waals surface area contributed by atoms with Crippen LogP contribution in [0.5, 0.6) is 0 Å². The van der Waals surface area contributed by atoms with Gasteiger partial charge in [0.05, 0.1) is 51.9 Å². The van der Waals surface area contributed by atoms with E-state index in [0.29, 0.717) is 24.1 Å². The topological polar surface area (TPSA) is 112 Å². The molecule has 2 aromatic carbocycles. The highest BCUT2D eigenvalue weighted by Crippen LogP contribution is 2.30. The van der Waals surface area contributed by atoms with Crippen molar-refractivity contribution >= 4 is 29.1 Å². The fourth-order valence-corrected chi connectivity index (χ4v) is 5.27. The molecular formula is C25H24N4O4S. The van der Waals surface area contributed by atoms with Crippen molar-refractivity contribution in [1.29, 1.82) is 0 Å². The molecular weight excluding hydrogens is 452 g/mol. The minimum Gasteiger partial charge on any atom is -0.392 e. The third-order valence-electron chi connectivity index (χ3n) is 6.30. The predicted molar refractivity (Wildman–Crippen MR) is 127 cm³/mol. The summed E-state index contributed by atoms with van der Waals surface area (Å²) in [6, 6.07) is 13.3. The first-order valence-electron chi connectivity index (χ1n) is 11.1. The Hall–Kier alpha value is -3.40. The van der Waals surface area contributed by atoms with Crippen LogP contribution in [0.25, 0.3) is 10.4 Å². The van der Waals surface area contributed by atoms with Crippen LogP contribution in [0.1, 0.15) is 44.4 Å². The van der Waals surface area contributed by atoms with Crippen molar-refractivity contribution in [1.82, 2.24) is 20.5 Å². The Kier molecular flexibility index (Phi) is 5.99. The van der Waals surface area contributed by atoms with Gasteiger partial charge in [-0.1, -0.05) is 36.4 Å². The van der Waals surface area contributed by atoms with Gasteiger partial charge in [0.15, 0.2) is 0 Å². The Morgan fingerprint density at radius 1 is 1.18 bits per heavy atom. The number of carbonyl (C=O) groups is 3. The molecule has 8 nitrogen and oxygen atoms in total. The molecule has 1 aromatic heterocycles. The number of amides is 3. The molecule has 2 aliphatic heterocycles. The van der Waals surface area contributed by atoms with Gasteiger partial charge in [-0.05, 0) is 36.6 Å². The standard InChI is InChI=1S/C25H24N4O4S/c1-14-22(34-13-27-14)16-8-6-15(7-9-16)21(28-23(31)20-10-17(30)11-26-20)12-29-24(32)18-4-2-3-5-19(18)25(29)33/h2-9,13,17,20-21,26,30H,10-12H2,1H3,(H,28,31)/t17-,20+,21?/m1/s1. The molecule has 0 saturated carbocycles. The molecule has 1 fully saturated rings. The van der Waals surface area contributed by atoms with Crippen molar-refractivity contribution < 1.29 is 19.5 Å². The molecule has 3 amide bonds. The van der Waals surface area contributed by atoms with E-state index in [4.69, 9.17) is 0 Å². The van der Waals surface area contributed by atoms with Crippen molar-refractivity contribution in [3.63, 3.8) is 0 Å². The summed E-state index contributed by atoms with van der Waals surface area (Å²) >= 11 is 1.55. The largest absolute Gasteiger partial charge is 0.392 e. The summed E-state index contributed by atoms with van der Waals surface area (Å²) in [4.78, 5) is 45.4. The number of nitrogens with zero attached hydrogens (tertiary/aromatic N) is 2. The van der Waals surface area contributed by atoms with E-state index in [9.17, 15) is 19.5 Å². The van der Waals surface area contributed by atoms with E-state index in [1.54, 1.807) is 41.1 Å². The van der Waals surface area contributed by atoms with Gasteiger partial charge in [-0.2, -0.15) is 0 Å². The first kappa shape index (κ1) is 22.4. The van der Waals surface area contributed by atoms with E-state index in [0.717, 1.165) is 21.7 Å². The second kappa shape index (κ2) is 9.09. The van der Waals surface area contributed by atoms with Crippen LogP contribution in [-0.2, 0) is 4.79 Å². The first-order valence-corrected chi connectivity index (χ1v) is 12.0. The number of aryl methyl sites for hydroxylation is 1. The molecule has 9 heteroatoms. The Labute approximate surface area is 200 Å². The molecule has 2 aliphatic rings. The number of hydrogen-bond acceptors (Lipinski definition) is 7. The summed E-state index contributed by atoms with van der Waals surface area (Å²) in [5.74, 6) is -1.02. The number of β-amino-alcohol motifs (C(OH)–C–C–N with tert-alkyl or cyclic N) is 1. The van der Waals surface area contributed by atoms with Gasteiger partial charge < -0.3 is 15.7 Å².